The van der Waals surface area contributed by atoms with Gasteiger partial charge < -0.3 is 10.6 Å². The molecule has 0 aliphatic carbocycles. The number of carbonyl (C=O) groups is 1. The Bertz CT molecular complexity index is 359. The molecule has 108 valence electrons. The second kappa shape index (κ2) is 5.97. The molecule has 2 saturated heterocycles. The smallest absolute Gasteiger partial charge is 0.226 e. The number of hydrogen-bond acceptors (Lipinski definition) is 4. The van der Waals surface area contributed by atoms with Gasteiger partial charge in [0.2, 0.25) is 5.91 Å². The summed E-state index contributed by atoms with van der Waals surface area (Å²) in [6, 6.07) is 0. The van der Waals surface area contributed by atoms with Crippen LogP contribution in [0.3, 0.4) is 0 Å². The van der Waals surface area contributed by atoms with E-state index in [4.69, 9.17) is 18.0 Å². The molecular formula is C13H23N3OS2. The molecule has 2 rings (SSSR count). The number of amides is 1. The summed E-state index contributed by atoms with van der Waals surface area (Å²) in [5, 5.41) is 0. The zero-order chi connectivity index (χ0) is 14.0. The van der Waals surface area contributed by atoms with E-state index in [1.807, 2.05) is 16.7 Å². The first-order chi connectivity index (χ1) is 8.93. The number of nitrogens with two attached hydrogens (primary N) is 1. The lowest BCUT2D eigenvalue weighted by molar-refractivity contribution is -0.137. The minimum atomic E-state index is -0.256. The highest BCUT2D eigenvalue weighted by Gasteiger charge is 2.35. The molecule has 0 aromatic carbocycles. The Labute approximate surface area is 125 Å². The zero-order valence-corrected chi connectivity index (χ0v) is 13.4. The van der Waals surface area contributed by atoms with E-state index in [0.717, 1.165) is 44.1 Å². The number of piperazine rings is 1. The van der Waals surface area contributed by atoms with E-state index in [9.17, 15) is 4.79 Å². The van der Waals surface area contributed by atoms with Crippen LogP contribution in [0.25, 0.3) is 0 Å². The topological polar surface area (TPSA) is 49.6 Å². The first-order valence-corrected chi connectivity index (χ1v) is 8.40. The standard InChI is InChI=1S/C13H23N3OS2/c1-13(2,12(14)18)16-6-4-15(5-7-16)11(17)10-3-8-19-9-10/h10H,3-9H2,1-2H3,(H2,14,18). The van der Waals surface area contributed by atoms with Gasteiger partial charge in [-0.1, -0.05) is 12.2 Å². The summed E-state index contributed by atoms with van der Waals surface area (Å²) in [6.07, 6.45) is 1.04. The lowest BCUT2D eigenvalue weighted by atomic mass is 10.0. The summed E-state index contributed by atoms with van der Waals surface area (Å²) in [7, 11) is 0. The van der Waals surface area contributed by atoms with Crippen molar-refractivity contribution in [3.8, 4) is 0 Å². The van der Waals surface area contributed by atoms with Crippen LogP contribution in [-0.4, -0.2) is 63.9 Å². The van der Waals surface area contributed by atoms with E-state index in [1.54, 1.807) is 0 Å². The van der Waals surface area contributed by atoms with Crippen molar-refractivity contribution in [3.05, 3.63) is 0 Å². The molecule has 2 N–H and O–H groups in total. The monoisotopic (exact) mass is 301 g/mol. The summed E-state index contributed by atoms with van der Waals surface area (Å²) in [5.41, 5.74) is 5.55. The molecule has 2 aliphatic rings. The third kappa shape index (κ3) is 3.23. The summed E-state index contributed by atoms with van der Waals surface area (Å²) < 4.78 is 0. The highest BCUT2D eigenvalue weighted by Crippen LogP contribution is 2.26. The summed E-state index contributed by atoms with van der Waals surface area (Å²) in [5.74, 6) is 2.72. The zero-order valence-electron chi connectivity index (χ0n) is 11.7. The van der Waals surface area contributed by atoms with Crippen molar-refractivity contribution in [2.24, 2.45) is 11.7 Å². The third-order valence-corrected chi connectivity index (χ3v) is 5.93. The average molecular weight is 301 g/mol. The van der Waals surface area contributed by atoms with Crippen LogP contribution in [0.5, 0.6) is 0 Å². The molecule has 0 bridgehead atoms. The quantitative estimate of drug-likeness (QED) is 0.787. The minimum absolute atomic E-state index is 0.250. The molecule has 1 amide bonds. The van der Waals surface area contributed by atoms with Crippen molar-refractivity contribution in [1.29, 1.82) is 0 Å². The Morgan fingerprint density at radius 1 is 1.32 bits per heavy atom. The predicted molar refractivity (Wildman–Crippen MR) is 84.4 cm³/mol. The van der Waals surface area contributed by atoms with Crippen molar-refractivity contribution >= 4 is 34.9 Å². The number of thioether (sulfide) groups is 1. The molecule has 0 spiro atoms. The third-order valence-electron chi connectivity index (χ3n) is 4.26. The van der Waals surface area contributed by atoms with Gasteiger partial charge in [0.05, 0.1) is 10.5 Å². The molecule has 2 fully saturated rings. The molecule has 2 aliphatic heterocycles. The molecule has 19 heavy (non-hydrogen) atoms. The maximum atomic E-state index is 12.3. The maximum absolute atomic E-state index is 12.3. The SMILES string of the molecule is CC(C)(C(N)=S)N1CCN(C(=O)C2CCSC2)CC1. The van der Waals surface area contributed by atoms with E-state index < -0.39 is 0 Å². The van der Waals surface area contributed by atoms with E-state index in [1.165, 1.54) is 0 Å². The fourth-order valence-corrected chi connectivity index (χ4v) is 3.97. The fourth-order valence-electron chi connectivity index (χ4n) is 2.63. The Morgan fingerprint density at radius 2 is 1.95 bits per heavy atom. The highest BCUT2D eigenvalue weighted by atomic mass is 32.2. The Hall–Kier alpha value is -0.330. The summed E-state index contributed by atoms with van der Waals surface area (Å²) in [4.78, 5) is 17.2. The van der Waals surface area contributed by atoms with Crippen LogP contribution in [0.1, 0.15) is 20.3 Å². The maximum Gasteiger partial charge on any atom is 0.226 e. The van der Waals surface area contributed by atoms with Gasteiger partial charge >= 0.3 is 0 Å². The van der Waals surface area contributed by atoms with Gasteiger partial charge in [-0.05, 0) is 26.0 Å². The van der Waals surface area contributed by atoms with Crippen molar-refractivity contribution in [3.63, 3.8) is 0 Å². The van der Waals surface area contributed by atoms with Gasteiger partial charge in [-0.3, -0.25) is 9.69 Å². The second-order valence-corrected chi connectivity index (χ2v) is 7.39. The van der Waals surface area contributed by atoms with Gasteiger partial charge in [0, 0.05) is 37.8 Å². The molecular weight excluding hydrogens is 278 g/mol. The van der Waals surface area contributed by atoms with Crippen LogP contribution in [0, 0.1) is 5.92 Å². The summed E-state index contributed by atoms with van der Waals surface area (Å²) >= 11 is 7.03. The number of nitrogens with zero attached hydrogens (tertiary/aromatic N) is 2. The number of rotatable bonds is 3. The van der Waals surface area contributed by atoms with Crippen molar-refractivity contribution in [2.45, 2.75) is 25.8 Å². The lowest BCUT2D eigenvalue weighted by Gasteiger charge is -2.43. The first kappa shape index (κ1) is 15.1. The van der Waals surface area contributed by atoms with Crippen molar-refractivity contribution in [2.75, 3.05) is 37.7 Å². The molecule has 6 heteroatoms. The van der Waals surface area contributed by atoms with E-state index in [-0.39, 0.29) is 11.5 Å². The average Bonchev–Trinajstić information content (AvgIpc) is 2.91. The van der Waals surface area contributed by atoms with Gasteiger partial charge in [0.15, 0.2) is 0 Å². The van der Waals surface area contributed by atoms with E-state index in [0.29, 0.717) is 10.9 Å². The molecule has 0 saturated carbocycles. The molecule has 4 nitrogen and oxygen atoms in total. The molecule has 0 radical (unpaired) electrons. The first-order valence-electron chi connectivity index (χ1n) is 6.84. The van der Waals surface area contributed by atoms with Crippen LogP contribution in [0.4, 0.5) is 0 Å². The fraction of sp³-hybridized carbons (Fsp3) is 0.846. The minimum Gasteiger partial charge on any atom is -0.392 e. The number of hydrogen-bond donors (Lipinski definition) is 1. The lowest BCUT2D eigenvalue weighted by Crippen LogP contribution is -2.60. The van der Waals surface area contributed by atoms with Crippen molar-refractivity contribution in [1.82, 2.24) is 9.80 Å². The van der Waals surface area contributed by atoms with Gasteiger partial charge in [-0.15, -0.1) is 0 Å². The second-order valence-electron chi connectivity index (χ2n) is 5.80. The Morgan fingerprint density at radius 3 is 2.42 bits per heavy atom. The van der Waals surface area contributed by atoms with Gasteiger partial charge in [-0.25, -0.2) is 0 Å². The van der Waals surface area contributed by atoms with Crippen LogP contribution >= 0.6 is 24.0 Å². The molecule has 1 unspecified atom stereocenters. The van der Waals surface area contributed by atoms with Crippen LogP contribution in [0.15, 0.2) is 0 Å². The van der Waals surface area contributed by atoms with Gasteiger partial charge in [0.1, 0.15) is 0 Å². The predicted octanol–water partition coefficient (Wildman–Crippen LogP) is 0.948. The number of thiocarbonyl (C=S) groups is 1. The van der Waals surface area contributed by atoms with Gasteiger partial charge in [0.25, 0.3) is 0 Å². The molecule has 0 aromatic rings. The largest absolute Gasteiger partial charge is 0.392 e. The van der Waals surface area contributed by atoms with Gasteiger partial charge in [-0.2, -0.15) is 11.8 Å². The normalized spacial score (nSPS) is 25.6. The molecule has 1 atom stereocenters. The Kier molecular flexibility index (Phi) is 4.74. The Balaban J connectivity index is 1.88. The van der Waals surface area contributed by atoms with Crippen LogP contribution in [0.2, 0.25) is 0 Å². The number of carbonyl (C=O) groups excluding carboxylic acids is 1. The summed E-state index contributed by atoms with van der Waals surface area (Å²) in [6.45, 7) is 7.42. The van der Waals surface area contributed by atoms with Crippen LogP contribution in [-0.2, 0) is 4.79 Å². The van der Waals surface area contributed by atoms with Crippen LogP contribution < -0.4 is 5.73 Å². The van der Waals surface area contributed by atoms with E-state index in [2.05, 4.69) is 18.7 Å². The van der Waals surface area contributed by atoms with E-state index >= 15 is 0 Å². The highest BCUT2D eigenvalue weighted by molar-refractivity contribution is 7.99. The van der Waals surface area contributed by atoms with Crippen molar-refractivity contribution < 1.29 is 4.79 Å². The molecule has 0 aromatic heterocycles. The molecule has 2 heterocycles.